The van der Waals surface area contributed by atoms with Gasteiger partial charge in [-0.25, -0.2) is 9.78 Å². The summed E-state index contributed by atoms with van der Waals surface area (Å²) >= 11 is 1.30. The fourth-order valence-corrected chi connectivity index (χ4v) is 3.33. The number of nitrogens with zero attached hydrogens (tertiary/aromatic N) is 2. The van der Waals surface area contributed by atoms with E-state index >= 15 is 0 Å². The molecule has 0 unspecified atom stereocenters. The third-order valence-corrected chi connectivity index (χ3v) is 4.60. The first-order valence-electron chi connectivity index (χ1n) is 7.67. The lowest BCUT2D eigenvalue weighted by atomic mass is 9.98. The lowest BCUT2D eigenvalue weighted by Crippen LogP contribution is -2.37. The van der Waals surface area contributed by atoms with Gasteiger partial charge >= 0.3 is 5.97 Å². The highest BCUT2D eigenvalue weighted by molar-refractivity contribution is 7.14. The predicted octanol–water partition coefficient (Wildman–Crippen LogP) is 2.93. The van der Waals surface area contributed by atoms with Crippen molar-refractivity contribution in [3.8, 4) is 11.4 Å². The van der Waals surface area contributed by atoms with Crippen LogP contribution in [0.25, 0.3) is 11.4 Å². The van der Waals surface area contributed by atoms with Crippen molar-refractivity contribution in [2.24, 2.45) is 0 Å². The summed E-state index contributed by atoms with van der Waals surface area (Å²) in [7, 11) is 0. The lowest BCUT2D eigenvalue weighted by Gasteiger charge is -2.23. The Balaban J connectivity index is 1.48. The van der Waals surface area contributed by atoms with Crippen molar-refractivity contribution < 1.29 is 14.3 Å². The van der Waals surface area contributed by atoms with Crippen LogP contribution in [0.5, 0.6) is 0 Å². The average Bonchev–Trinajstić information content (AvgIpc) is 3.11. The molecule has 1 aliphatic heterocycles. The number of carbonyl (C=O) groups is 2. The van der Waals surface area contributed by atoms with Crippen LogP contribution in [0.4, 0.5) is 5.13 Å². The maximum Gasteiger partial charge on any atom is 0.339 e. The Kier molecular flexibility index (Phi) is 3.99. The van der Waals surface area contributed by atoms with E-state index in [9.17, 15) is 9.59 Å². The lowest BCUT2D eigenvalue weighted by molar-refractivity contribution is -0.125. The number of anilines is 1. The van der Waals surface area contributed by atoms with Gasteiger partial charge < -0.3 is 4.74 Å². The van der Waals surface area contributed by atoms with E-state index in [1.165, 1.54) is 11.3 Å². The molecular formula is C18H13N3O3S. The van der Waals surface area contributed by atoms with E-state index in [1.54, 1.807) is 18.3 Å². The number of esters is 1. The minimum atomic E-state index is -0.857. The molecule has 1 aromatic carbocycles. The molecule has 3 aromatic rings. The second kappa shape index (κ2) is 6.45. The molecule has 0 aliphatic carbocycles. The summed E-state index contributed by atoms with van der Waals surface area (Å²) in [4.78, 5) is 33.0. The third kappa shape index (κ3) is 3.14. The molecule has 2 aromatic heterocycles. The number of cyclic esters (lactones) is 1. The number of thiazole rings is 1. The monoisotopic (exact) mass is 351 g/mol. The average molecular weight is 351 g/mol. The molecule has 1 amide bonds. The van der Waals surface area contributed by atoms with Gasteiger partial charge in [-0.2, -0.15) is 0 Å². The normalized spacial score (nSPS) is 16.0. The molecule has 6 nitrogen and oxygen atoms in total. The summed E-state index contributed by atoms with van der Waals surface area (Å²) in [6.45, 7) is 0. The zero-order chi connectivity index (χ0) is 17.2. The fourth-order valence-electron chi connectivity index (χ4n) is 2.63. The zero-order valence-corrected chi connectivity index (χ0v) is 13.8. The van der Waals surface area contributed by atoms with E-state index in [0.717, 1.165) is 11.3 Å². The molecule has 25 heavy (non-hydrogen) atoms. The number of aromatic nitrogens is 2. The molecule has 124 valence electrons. The Hall–Kier alpha value is -3.06. The van der Waals surface area contributed by atoms with E-state index < -0.39 is 12.1 Å². The summed E-state index contributed by atoms with van der Waals surface area (Å²) in [6, 6.07) is 12.7. The first-order chi connectivity index (χ1) is 12.2. The third-order valence-electron chi connectivity index (χ3n) is 3.85. The van der Waals surface area contributed by atoms with E-state index in [4.69, 9.17) is 4.74 Å². The first-order valence-corrected chi connectivity index (χ1v) is 8.55. The minimum Gasteiger partial charge on any atom is -0.448 e. The molecule has 0 bridgehead atoms. The van der Waals surface area contributed by atoms with E-state index in [2.05, 4.69) is 15.3 Å². The number of benzene rings is 1. The van der Waals surface area contributed by atoms with Gasteiger partial charge in [0.2, 0.25) is 0 Å². The van der Waals surface area contributed by atoms with Gasteiger partial charge in [0.05, 0.1) is 11.3 Å². The van der Waals surface area contributed by atoms with Crippen LogP contribution in [0.2, 0.25) is 0 Å². The predicted molar refractivity (Wildman–Crippen MR) is 93.3 cm³/mol. The summed E-state index contributed by atoms with van der Waals surface area (Å²) in [5.74, 6) is -0.861. The first kappa shape index (κ1) is 15.5. The van der Waals surface area contributed by atoms with Crippen LogP contribution in [0.1, 0.15) is 15.9 Å². The summed E-state index contributed by atoms with van der Waals surface area (Å²) < 4.78 is 5.25. The summed E-state index contributed by atoms with van der Waals surface area (Å²) in [5.41, 5.74) is 2.75. The van der Waals surface area contributed by atoms with E-state index in [-0.39, 0.29) is 5.91 Å². The Morgan fingerprint density at radius 2 is 2.00 bits per heavy atom. The van der Waals surface area contributed by atoms with E-state index in [1.807, 2.05) is 35.7 Å². The number of carbonyl (C=O) groups excluding carboxylic acids is 2. The molecule has 3 heterocycles. The van der Waals surface area contributed by atoms with Crippen molar-refractivity contribution in [3.63, 3.8) is 0 Å². The Morgan fingerprint density at radius 1 is 1.16 bits per heavy atom. The largest absolute Gasteiger partial charge is 0.448 e. The molecule has 1 aliphatic rings. The quantitative estimate of drug-likeness (QED) is 0.734. The van der Waals surface area contributed by atoms with Crippen molar-refractivity contribution in [1.29, 1.82) is 0 Å². The highest BCUT2D eigenvalue weighted by atomic mass is 32.1. The molecule has 0 fully saturated rings. The van der Waals surface area contributed by atoms with E-state index in [0.29, 0.717) is 22.8 Å². The Bertz CT molecular complexity index is 940. The number of hydrogen-bond donors (Lipinski definition) is 1. The van der Waals surface area contributed by atoms with Gasteiger partial charge in [0, 0.05) is 18.0 Å². The fraction of sp³-hybridized carbons (Fsp3) is 0.111. The molecular weight excluding hydrogens is 338 g/mol. The maximum absolute atomic E-state index is 12.4. The minimum absolute atomic E-state index is 0.353. The van der Waals surface area contributed by atoms with Crippen LogP contribution in [-0.4, -0.2) is 27.9 Å². The van der Waals surface area contributed by atoms with Crippen LogP contribution < -0.4 is 5.32 Å². The number of amides is 1. The molecule has 0 spiro atoms. The van der Waals surface area contributed by atoms with Gasteiger partial charge in [-0.1, -0.05) is 24.3 Å². The molecule has 0 saturated carbocycles. The maximum atomic E-state index is 12.4. The molecule has 1 atom stereocenters. The second-order valence-electron chi connectivity index (χ2n) is 5.50. The number of hydrogen-bond acceptors (Lipinski definition) is 6. The topological polar surface area (TPSA) is 81.2 Å². The second-order valence-corrected chi connectivity index (χ2v) is 6.36. The number of nitrogens with one attached hydrogen (secondary N) is 1. The number of pyridine rings is 1. The molecule has 0 saturated heterocycles. The number of rotatable bonds is 3. The van der Waals surface area contributed by atoms with Crippen molar-refractivity contribution in [2.75, 3.05) is 5.32 Å². The number of fused-ring (bicyclic) bond motifs is 1. The molecule has 1 N–H and O–H groups in total. The highest BCUT2D eigenvalue weighted by Gasteiger charge is 2.31. The number of ether oxygens (including phenoxy) is 1. The van der Waals surface area contributed by atoms with Gasteiger partial charge in [0.25, 0.3) is 5.91 Å². The smallest absolute Gasteiger partial charge is 0.339 e. The van der Waals surface area contributed by atoms with Crippen LogP contribution in [-0.2, 0) is 16.0 Å². The highest BCUT2D eigenvalue weighted by Crippen LogP contribution is 2.25. The van der Waals surface area contributed by atoms with Crippen LogP contribution in [0.15, 0.2) is 54.0 Å². The van der Waals surface area contributed by atoms with Gasteiger partial charge in [-0.15, -0.1) is 11.3 Å². The van der Waals surface area contributed by atoms with Crippen molar-refractivity contribution >= 4 is 28.3 Å². The van der Waals surface area contributed by atoms with Crippen LogP contribution in [0.3, 0.4) is 0 Å². The SMILES string of the molecule is O=C1O[C@@H](C(=O)Nc2nc(-c3ccccn3)cs2)Cc2ccccc21. The van der Waals surface area contributed by atoms with Crippen molar-refractivity contribution in [1.82, 2.24) is 9.97 Å². The molecule has 0 radical (unpaired) electrons. The van der Waals surface area contributed by atoms with Gasteiger partial charge in [-0.3, -0.25) is 15.1 Å². The molecule has 4 rings (SSSR count). The van der Waals surface area contributed by atoms with Crippen LogP contribution in [0, 0.1) is 0 Å². The Labute approximate surface area is 147 Å². The zero-order valence-electron chi connectivity index (χ0n) is 13.0. The standard InChI is InChI=1S/C18H13N3O3S/c22-16(15-9-11-5-1-2-6-12(11)17(23)24-15)21-18-20-14(10-25-18)13-7-3-4-8-19-13/h1-8,10,15H,9H2,(H,20,21,22)/t15-/m1/s1. The summed E-state index contributed by atoms with van der Waals surface area (Å²) in [5, 5.41) is 4.98. The van der Waals surface area contributed by atoms with Crippen LogP contribution >= 0.6 is 11.3 Å². The van der Waals surface area contributed by atoms with Gasteiger partial charge in [-0.05, 0) is 23.8 Å². The van der Waals surface area contributed by atoms with Gasteiger partial charge in [0.15, 0.2) is 11.2 Å². The van der Waals surface area contributed by atoms with Crippen molar-refractivity contribution in [2.45, 2.75) is 12.5 Å². The Morgan fingerprint density at radius 3 is 2.84 bits per heavy atom. The van der Waals surface area contributed by atoms with Gasteiger partial charge in [0.1, 0.15) is 5.69 Å². The molecule has 7 heteroatoms. The van der Waals surface area contributed by atoms with Crippen molar-refractivity contribution in [3.05, 3.63) is 65.2 Å². The summed E-state index contributed by atoms with van der Waals surface area (Å²) in [6.07, 6.45) is 1.18.